The molecule has 0 saturated heterocycles. The lowest BCUT2D eigenvalue weighted by Gasteiger charge is -2.46. The molecule has 0 spiro atoms. The van der Waals surface area contributed by atoms with Crippen molar-refractivity contribution >= 4 is 0 Å². The summed E-state index contributed by atoms with van der Waals surface area (Å²) in [6.07, 6.45) is 18.1. The molecule has 2 aromatic carbocycles. The van der Waals surface area contributed by atoms with Gasteiger partial charge in [-0.15, -0.1) is 0 Å². The normalized spacial score (nSPS) is 21.2. The average Bonchev–Trinajstić information content (AvgIpc) is 3.16. The highest BCUT2D eigenvalue weighted by molar-refractivity contribution is 5.55. The van der Waals surface area contributed by atoms with Gasteiger partial charge in [-0.25, -0.2) is 0 Å². The molecule has 7 heteroatoms. The molecule has 2 aliphatic carbocycles. The number of rotatable bonds is 24. The number of aryl methyl sites for hydroxylation is 2. The summed E-state index contributed by atoms with van der Waals surface area (Å²) in [5.41, 5.74) is 8.19. The lowest BCUT2D eigenvalue weighted by molar-refractivity contribution is 0.00323. The quantitative estimate of drug-likeness (QED) is 0.0839. The Labute approximate surface area is 345 Å². The molecule has 0 bridgehead atoms. The van der Waals surface area contributed by atoms with Crippen molar-refractivity contribution in [2.75, 3.05) is 52.9 Å². The molecule has 3 aliphatic rings. The molecule has 7 nitrogen and oxygen atoms in total. The number of hydrogen-bond donors (Lipinski definition) is 1. The Bertz CT molecular complexity index is 1650. The molecular formula is C50H74O7. The van der Waals surface area contributed by atoms with Gasteiger partial charge in [-0.2, -0.15) is 0 Å². The van der Waals surface area contributed by atoms with Crippen LogP contribution in [0.25, 0.3) is 0 Å². The minimum absolute atomic E-state index is 0.0455. The van der Waals surface area contributed by atoms with E-state index in [4.69, 9.17) is 28.4 Å². The number of hydrogen-bond acceptors (Lipinski definition) is 7. The van der Waals surface area contributed by atoms with Gasteiger partial charge in [0.05, 0.1) is 39.6 Å². The SMILES string of the molecule is C=C(C)[C@@H]1CCC(C)=C[C@H]1c1c(O)cc(CCCCC)cc1OCCOCCOCCOCCOc1cc(CCCCC)cc2c1[C@@H]1C=C(C)CC[C@H]1C(C)(C)O2. The molecular weight excluding hydrogens is 713 g/mol. The molecule has 1 heterocycles. The summed E-state index contributed by atoms with van der Waals surface area (Å²) in [4.78, 5) is 0. The van der Waals surface area contributed by atoms with Crippen molar-refractivity contribution in [1.29, 1.82) is 0 Å². The third-order valence-corrected chi connectivity index (χ3v) is 12.3. The van der Waals surface area contributed by atoms with E-state index >= 15 is 0 Å². The maximum Gasteiger partial charge on any atom is 0.127 e. The van der Waals surface area contributed by atoms with Gasteiger partial charge in [0.2, 0.25) is 0 Å². The molecule has 57 heavy (non-hydrogen) atoms. The fourth-order valence-electron chi connectivity index (χ4n) is 9.12. The topological polar surface area (TPSA) is 75.6 Å². The predicted octanol–water partition coefficient (Wildman–Crippen LogP) is 12.0. The van der Waals surface area contributed by atoms with Gasteiger partial charge in [0, 0.05) is 28.9 Å². The fraction of sp³-hybridized carbons (Fsp3) is 0.640. The third-order valence-electron chi connectivity index (χ3n) is 12.3. The molecule has 0 saturated carbocycles. The Hall–Kier alpha value is -3.26. The Kier molecular flexibility index (Phi) is 17.5. The number of ether oxygens (including phenoxy) is 6. The van der Waals surface area contributed by atoms with Crippen molar-refractivity contribution in [2.24, 2.45) is 11.8 Å². The van der Waals surface area contributed by atoms with Crippen molar-refractivity contribution in [2.45, 2.75) is 143 Å². The van der Waals surface area contributed by atoms with E-state index in [2.05, 4.69) is 85.4 Å². The van der Waals surface area contributed by atoms with Crippen LogP contribution in [0.1, 0.15) is 147 Å². The molecule has 0 unspecified atom stereocenters. The first-order valence-electron chi connectivity index (χ1n) is 22.2. The zero-order valence-electron chi connectivity index (χ0n) is 36.5. The van der Waals surface area contributed by atoms with Crippen LogP contribution in [-0.2, 0) is 27.1 Å². The van der Waals surface area contributed by atoms with Crippen molar-refractivity contribution in [1.82, 2.24) is 0 Å². The number of phenolic OH excluding ortho intramolecular Hbond substituents is 1. The van der Waals surface area contributed by atoms with Gasteiger partial charge in [-0.05, 0) is 127 Å². The van der Waals surface area contributed by atoms with E-state index in [1.54, 1.807) is 0 Å². The van der Waals surface area contributed by atoms with E-state index in [-0.39, 0.29) is 17.4 Å². The van der Waals surface area contributed by atoms with Crippen LogP contribution in [-0.4, -0.2) is 63.6 Å². The zero-order chi connectivity index (χ0) is 40.8. The highest BCUT2D eigenvalue weighted by Crippen LogP contribution is 2.54. The van der Waals surface area contributed by atoms with E-state index in [1.807, 2.05) is 6.07 Å². The van der Waals surface area contributed by atoms with Crippen LogP contribution in [0.3, 0.4) is 0 Å². The Morgan fingerprint density at radius 2 is 1.21 bits per heavy atom. The smallest absolute Gasteiger partial charge is 0.127 e. The number of aromatic hydroxyl groups is 1. The zero-order valence-corrected chi connectivity index (χ0v) is 36.5. The van der Waals surface area contributed by atoms with Gasteiger partial charge >= 0.3 is 0 Å². The molecule has 5 rings (SSSR count). The molecule has 0 amide bonds. The molecule has 1 N–H and O–H groups in total. The minimum atomic E-state index is -0.217. The third kappa shape index (κ3) is 12.6. The molecule has 0 radical (unpaired) electrons. The lowest BCUT2D eigenvalue weighted by Crippen LogP contribution is -2.45. The van der Waals surface area contributed by atoms with Crippen molar-refractivity contribution in [3.63, 3.8) is 0 Å². The molecule has 1 aliphatic heterocycles. The number of unbranched alkanes of at least 4 members (excludes halogenated alkanes) is 4. The van der Waals surface area contributed by atoms with E-state index in [9.17, 15) is 5.11 Å². The second kappa shape index (κ2) is 22.2. The van der Waals surface area contributed by atoms with E-state index in [0.717, 1.165) is 85.3 Å². The first kappa shape index (κ1) is 44.8. The molecule has 4 atom stereocenters. The van der Waals surface area contributed by atoms with Crippen LogP contribution in [0.5, 0.6) is 23.0 Å². The highest BCUT2D eigenvalue weighted by atomic mass is 16.6. The summed E-state index contributed by atoms with van der Waals surface area (Å²) in [5, 5.41) is 11.3. The molecule has 2 aromatic rings. The van der Waals surface area contributed by atoms with Gasteiger partial charge in [-0.3, -0.25) is 0 Å². The molecule has 316 valence electrons. The van der Waals surface area contributed by atoms with Crippen LogP contribution in [0, 0.1) is 11.8 Å². The molecule has 0 fully saturated rings. The second-order valence-corrected chi connectivity index (χ2v) is 17.4. The van der Waals surface area contributed by atoms with Crippen LogP contribution in [0.15, 0.2) is 59.7 Å². The van der Waals surface area contributed by atoms with Gasteiger partial charge in [0.25, 0.3) is 0 Å². The standard InChI is InChI=1S/C50H74O7/c1-9-11-13-15-38-31-44(51)48(41-29-36(5)17-19-40(41)35(3)4)45(32-38)55-27-25-53-23-21-52-22-24-54-26-28-56-46-33-39(16-14-12-10-2)34-47-49(46)42-30-37(6)18-20-43(42)50(7,8)57-47/h29-34,40-43,51H,3,9-28H2,1-2,4-8H3/t40-,41+,42+,43+/m0/s1. The van der Waals surface area contributed by atoms with Gasteiger partial charge < -0.3 is 33.5 Å². The highest BCUT2D eigenvalue weighted by Gasteiger charge is 2.45. The minimum Gasteiger partial charge on any atom is -0.507 e. The first-order chi connectivity index (χ1) is 27.5. The van der Waals surface area contributed by atoms with Crippen LogP contribution >= 0.6 is 0 Å². The number of allylic oxidation sites excluding steroid dienone is 5. The van der Waals surface area contributed by atoms with Gasteiger partial charge in [0.1, 0.15) is 41.8 Å². The van der Waals surface area contributed by atoms with Crippen molar-refractivity contribution in [3.8, 4) is 23.0 Å². The van der Waals surface area contributed by atoms with Crippen molar-refractivity contribution in [3.05, 3.63) is 82.0 Å². The van der Waals surface area contributed by atoms with E-state index in [0.29, 0.717) is 70.4 Å². The fourth-order valence-corrected chi connectivity index (χ4v) is 9.12. The largest absolute Gasteiger partial charge is 0.507 e. The average molecular weight is 787 g/mol. The monoisotopic (exact) mass is 787 g/mol. The van der Waals surface area contributed by atoms with Crippen LogP contribution < -0.4 is 14.2 Å². The maximum absolute atomic E-state index is 11.3. The first-order valence-corrected chi connectivity index (χ1v) is 22.2. The molecule has 0 aromatic heterocycles. The predicted molar refractivity (Wildman–Crippen MR) is 232 cm³/mol. The summed E-state index contributed by atoms with van der Waals surface area (Å²) in [6.45, 7) is 23.5. The Morgan fingerprint density at radius 3 is 1.77 bits per heavy atom. The number of phenols is 1. The Morgan fingerprint density at radius 1 is 0.702 bits per heavy atom. The summed E-state index contributed by atoms with van der Waals surface area (Å²) in [7, 11) is 0. The summed E-state index contributed by atoms with van der Waals surface area (Å²) >= 11 is 0. The number of fused-ring (bicyclic) bond motifs is 3. The van der Waals surface area contributed by atoms with E-state index < -0.39 is 0 Å². The summed E-state index contributed by atoms with van der Waals surface area (Å²) in [5.74, 6) is 4.05. The van der Waals surface area contributed by atoms with E-state index in [1.165, 1.54) is 48.0 Å². The van der Waals surface area contributed by atoms with Crippen LogP contribution in [0.4, 0.5) is 0 Å². The second-order valence-electron chi connectivity index (χ2n) is 17.4. The van der Waals surface area contributed by atoms with Gasteiger partial charge in [-0.1, -0.05) is 75.0 Å². The van der Waals surface area contributed by atoms with Crippen LogP contribution in [0.2, 0.25) is 0 Å². The Balaban J connectivity index is 1.05. The summed E-state index contributed by atoms with van der Waals surface area (Å²) in [6, 6.07) is 8.59. The summed E-state index contributed by atoms with van der Waals surface area (Å²) < 4.78 is 37.2. The van der Waals surface area contributed by atoms with Gasteiger partial charge in [0.15, 0.2) is 0 Å². The maximum atomic E-state index is 11.3. The van der Waals surface area contributed by atoms with Crippen molar-refractivity contribution < 1.29 is 33.5 Å². The number of benzene rings is 2. The lowest BCUT2D eigenvalue weighted by atomic mass is 9.68.